The van der Waals surface area contributed by atoms with Crippen LogP contribution in [0, 0.1) is 6.92 Å². The normalized spacial score (nSPS) is 11.0. The van der Waals surface area contributed by atoms with Gasteiger partial charge in [0.2, 0.25) is 5.95 Å². The van der Waals surface area contributed by atoms with Crippen molar-refractivity contribution in [3.63, 3.8) is 0 Å². The Hall–Kier alpha value is -1.65. The number of hydrogen-bond donors (Lipinski definition) is 1. The van der Waals surface area contributed by atoms with Gasteiger partial charge in [-0.15, -0.1) is 10.2 Å². The van der Waals surface area contributed by atoms with Crippen LogP contribution in [-0.4, -0.2) is 19.6 Å². The molecular weight excluding hydrogens is 178 g/mol. The second kappa shape index (κ2) is 3.25. The van der Waals surface area contributed by atoms with Gasteiger partial charge in [-0.05, 0) is 13.3 Å². The van der Waals surface area contributed by atoms with Crippen molar-refractivity contribution < 1.29 is 0 Å². The van der Waals surface area contributed by atoms with E-state index in [2.05, 4.69) is 22.1 Å². The first-order valence-electron chi connectivity index (χ1n) is 4.69. The van der Waals surface area contributed by atoms with E-state index in [9.17, 15) is 0 Å². The maximum Gasteiger partial charge on any atom is 0.226 e. The fraction of sp³-hybridized carbons (Fsp3) is 0.444. The van der Waals surface area contributed by atoms with Crippen molar-refractivity contribution in [1.29, 1.82) is 0 Å². The third-order valence-corrected chi connectivity index (χ3v) is 2.14. The number of hydrogen-bond acceptors (Lipinski definition) is 4. The summed E-state index contributed by atoms with van der Waals surface area (Å²) in [5.74, 6) is 0.419. The summed E-state index contributed by atoms with van der Waals surface area (Å²) in [5, 5.41) is 7.75. The van der Waals surface area contributed by atoms with E-state index >= 15 is 0 Å². The van der Waals surface area contributed by atoms with Crippen molar-refractivity contribution >= 4 is 11.6 Å². The van der Waals surface area contributed by atoms with Crippen LogP contribution in [0.1, 0.15) is 24.7 Å². The number of fused-ring (bicyclic) bond motifs is 1. The molecule has 74 valence electrons. The summed E-state index contributed by atoms with van der Waals surface area (Å²) in [5.41, 5.74) is 8.32. The predicted octanol–water partition coefficient (Wildman–Crippen LogP) is 0.967. The van der Waals surface area contributed by atoms with Gasteiger partial charge in [-0.25, -0.2) is 0 Å². The number of aromatic nitrogens is 4. The fourth-order valence-electron chi connectivity index (χ4n) is 1.50. The molecule has 2 N–H and O–H groups in total. The van der Waals surface area contributed by atoms with Gasteiger partial charge >= 0.3 is 0 Å². The molecule has 0 unspecified atom stereocenters. The second-order valence-corrected chi connectivity index (χ2v) is 3.32. The molecule has 0 spiro atoms. The van der Waals surface area contributed by atoms with Crippen LogP contribution in [0.5, 0.6) is 0 Å². The number of anilines is 1. The summed E-state index contributed by atoms with van der Waals surface area (Å²) in [4.78, 5) is 4.43. The van der Waals surface area contributed by atoms with E-state index in [-0.39, 0.29) is 0 Å². The summed E-state index contributed by atoms with van der Waals surface area (Å²) in [6.45, 7) is 4.04. The standard InChI is InChI=1S/C9H13N5/c1-3-4-7-5-14-8(6(2)11-7)12-13-9(14)10/h5H,3-4H2,1-2H3,(H2,10,13). The van der Waals surface area contributed by atoms with E-state index in [1.807, 2.05) is 13.1 Å². The van der Waals surface area contributed by atoms with Gasteiger partial charge in [0, 0.05) is 6.20 Å². The summed E-state index contributed by atoms with van der Waals surface area (Å²) < 4.78 is 1.79. The molecule has 14 heavy (non-hydrogen) atoms. The fourth-order valence-corrected chi connectivity index (χ4v) is 1.50. The van der Waals surface area contributed by atoms with Gasteiger partial charge in [0.05, 0.1) is 11.4 Å². The van der Waals surface area contributed by atoms with E-state index in [0.29, 0.717) is 5.95 Å². The van der Waals surface area contributed by atoms with Crippen molar-refractivity contribution in [3.05, 3.63) is 17.6 Å². The number of aryl methyl sites for hydroxylation is 2. The zero-order valence-corrected chi connectivity index (χ0v) is 8.36. The van der Waals surface area contributed by atoms with E-state index in [1.54, 1.807) is 4.40 Å². The van der Waals surface area contributed by atoms with E-state index < -0.39 is 0 Å². The predicted molar refractivity (Wildman–Crippen MR) is 53.9 cm³/mol. The molecule has 0 saturated carbocycles. The minimum atomic E-state index is 0.419. The second-order valence-electron chi connectivity index (χ2n) is 3.32. The molecule has 5 heteroatoms. The minimum Gasteiger partial charge on any atom is -0.368 e. The monoisotopic (exact) mass is 191 g/mol. The summed E-state index contributed by atoms with van der Waals surface area (Å²) in [6, 6.07) is 0. The first kappa shape index (κ1) is 8.93. The molecule has 2 heterocycles. The molecule has 2 aromatic rings. The molecular formula is C9H13N5. The number of rotatable bonds is 2. The van der Waals surface area contributed by atoms with Gasteiger partial charge in [-0.3, -0.25) is 9.38 Å². The van der Waals surface area contributed by atoms with Crippen LogP contribution < -0.4 is 5.73 Å². The lowest BCUT2D eigenvalue weighted by Crippen LogP contribution is -2.01. The van der Waals surface area contributed by atoms with Crippen molar-refractivity contribution in [2.24, 2.45) is 0 Å². The number of nitrogens with zero attached hydrogens (tertiary/aromatic N) is 4. The Morgan fingerprint density at radius 3 is 2.93 bits per heavy atom. The topological polar surface area (TPSA) is 69.1 Å². The molecule has 0 fully saturated rings. The van der Waals surface area contributed by atoms with Crippen LogP contribution in [0.4, 0.5) is 5.95 Å². The van der Waals surface area contributed by atoms with Crippen LogP contribution in [0.25, 0.3) is 5.65 Å². The highest BCUT2D eigenvalue weighted by Crippen LogP contribution is 2.10. The molecule has 0 aliphatic rings. The van der Waals surface area contributed by atoms with Crippen LogP contribution in [-0.2, 0) is 6.42 Å². The molecule has 0 atom stereocenters. The lowest BCUT2D eigenvalue weighted by Gasteiger charge is -2.02. The van der Waals surface area contributed by atoms with Gasteiger partial charge in [0.25, 0.3) is 0 Å². The molecule has 0 aliphatic heterocycles. The number of nitrogens with two attached hydrogens (primary N) is 1. The average molecular weight is 191 g/mol. The Morgan fingerprint density at radius 2 is 2.21 bits per heavy atom. The summed E-state index contributed by atoms with van der Waals surface area (Å²) in [6.07, 6.45) is 3.93. The molecule has 2 rings (SSSR count). The molecule has 0 amide bonds. The van der Waals surface area contributed by atoms with Gasteiger partial charge < -0.3 is 5.73 Å². The van der Waals surface area contributed by atoms with Crippen molar-refractivity contribution in [2.75, 3.05) is 5.73 Å². The largest absolute Gasteiger partial charge is 0.368 e. The highest BCUT2D eigenvalue weighted by Gasteiger charge is 2.06. The molecule has 0 radical (unpaired) electrons. The summed E-state index contributed by atoms with van der Waals surface area (Å²) >= 11 is 0. The summed E-state index contributed by atoms with van der Waals surface area (Å²) in [7, 11) is 0. The molecule has 0 aromatic carbocycles. The van der Waals surface area contributed by atoms with Crippen LogP contribution in [0.15, 0.2) is 6.20 Å². The Kier molecular flexibility index (Phi) is 2.07. The SMILES string of the molecule is CCCc1cn2c(N)nnc2c(C)n1. The Labute approximate surface area is 82.0 Å². The van der Waals surface area contributed by atoms with Gasteiger partial charge in [0.1, 0.15) is 0 Å². The first-order chi connectivity index (χ1) is 6.72. The third-order valence-electron chi connectivity index (χ3n) is 2.14. The molecule has 0 bridgehead atoms. The smallest absolute Gasteiger partial charge is 0.226 e. The molecule has 0 aliphatic carbocycles. The van der Waals surface area contributed by atoms with Crippen molar-refractivity contribution in [1.82, 2.24) is 19.6 Å². The number of nitrogen functional groups attached to an aromatic ring is 1. The third kappa shape index (κ3) is 1.30. The zero-order valence-electron chi connectivity index (χ0n) is 8.36. The van der Waals surface area contributed by atoms with Crippen molar-refractivity contribution in [2.45, 2.75) is 26.7 Å². The minimum absolute atomic E-state index is 0.419. The Balaban J connectivity index is 2.63. The maximum atomic E-state index is 5.67. The van der Waals surface area contributed by atoms with Crippen molar-refractivity contribution in [3.8, 4) is 0 Å². The van der Waals surface area contributed by atoms with Gasteiger partial charge in [-0.1, -0.05) is 13.3 Å². The highest BCUT2D eigenvalue weighted by molar-refractivity contribution is 5.47. The van der Waals surface area contributed by atoms with E-state index in [4.69, 9.17) is 5.73 Å². The lowest BCUT2D eigenvalue weighted by atomic mass is 10.2. The van der Waals surface area contributed by atoms with Gasteiger partial charge in [0.15, 0.2) is 5.65 Å². The maximum absolute atomic E-state index is 5.67. The Bertz CT molecular complexity index is 459. The zero-order chi connectivity index (χ0) is 10.1. The quantitative estimate of drug-likeness (QED) is 0.767. The molecule has 0 saturated heterocycles. The lowest BCUT2D eigenvalue weighted by molar-refractivity contribution is 0.856. The highest BCUT2D eigenvalue weighted by atomic mass is 15.3. The van der Waals surface area contributed by atoms with Crippen LogP contribution in [0.2, 0.25) is 0 Å². The van der Waals surface area contributed by atoms with Gasteiger partial charge in [-0.2, -0.15) is 0 Å². The average Bonchev–Trinajstić information content (AvgIpc) is 2.49. The first-order valence-corrected chi connectivity index (χ1v) is 4.69. The van der Waals surface area contributed by atoms with E-state index in [1.165, 1.54) is 0 Å². The van der Waals surface area contributed by atoms with Crippen LogP contribution in [0.3, 0.4) is 0 Å². The van der Waals surface area contributed by atoms with E-state index in [0.717, 1.165) is 29.9 Å². The van der Waals surface area contributed by atoms with Crippen LogP contribution >= 0.6 is 0 Å². The molecule has 5 nitrogen and oxygen atoms in total. The molecule has 2 aromatic heterocycles. The Morgan fingerprint density at radius 1 is 1.43 bits per heavy atom.